The number of ketones is 1. The molecule has 6 heteroatoms. The van der Waals surface area contributed by atoms with E-state index in [0.29, 0.717) is 23.0 Å². The van der Waals surface area contributed by atoms with Crippen LogP contribution in [0.5, 0.6) is 0 Å². The van der Waals surface area contributed by atoms with Crippen molar-refractivity contribution in [3.63, 3.8) is 0 Å². The van der Waals surface area contributed by atoms with Crippen molar-refractivity contribution in [3.05, 3.63) is 69.8 Å². The number of carbonyl (C=O) groups is 1. The highest BCUT2D eigenvalue weighted by atomic mass is 35.5. The van der Waals surface area contributed by atoms with E-state index in [1.807, 2.05) is 43.7 Å². The van der Waals surface area contributed by atoms with Crippen LogP contribution in [0.15, 0.2) is 53.4 Å². The summed E-state index contributed by atoms with van der Waals surface area (Å²) in [7, 11) is 0. The molecular weight excluding hydrogens is 423 g/mol. The first-order chi connectivity index (χ1) is 13.7. The normalized spacial score (nSPS) is 11.7. The van der Waals surface area contributed by atoms with Gasteiger partial charge in [-0.1, -0.05) is 62.2 Å². The number of hydrogen-bond acceptors (Lipinski definition) is 3. The molecule has 3 nitrogen and oxygen atoms in total. The molecule has 0 aliphatic carbocycles. The van der Waals surface area contributed by atoms with Crippen LogP contribution < -0.4 is 0 Å². The van der Waals surface area contributed by atoms with Gasteiger partial charge in [-0.25, -0.2) is 0 Å². The molecular formula is C23H24Cl2N2OS. The number of Topliss-reactive ketones (excluding diaryl/α,β-unsaturated/α-hetero) is 1. The van der Waals surface area contributed by atoms with Gasteiger partial charge in [0, 0.05) is 20.4 Å². The van der Waals surface area contributed by atoms with Gasteiger partial charge >= 0.3 is 0 Å². The van der Waals surface area contributed by atoms with E-state index in [4.69, 9.17) is 28.3 Å². The van der Waals surface area contributed by atoms with Gasteiger partial charge in [0.15, 0.2) is 0 Å². The van der Waals surface area contributed by atoms with Gasteiger partial charge in [0.05, 0.1) is 24.4 Å². The summed E-state index contributed by atoms with van der Waals surface area (Å²) in [6.07, 6.45) is 2.36. The first kappa shape index (κ1) is 21.9. The molecule has 0 bridgehead atoms. The van der Waals surface area contributed by atoms with Crippen molar-refractivity contribution in [2.45, 2.75) is 38.6 Å². The second-order valence-electron chi connectivity index (χ2n) is 7.99. The average Bonchev–Trinajstić information content (AvgIpc) is 3.05. The fraction of sp³-hybridized carbons (Fsp3) is 0.304. The lowest BCUT2D eigenvalue weighted by Gasteiger charge is -2.15. The molecule has 3 rings (SSSR count). The highest BCUT2D eigenvalue weighted by Crippen LogP contribution is 2.28. The van der Waals surface area contributed by atoms with Gasteiger partial charge in [-0.3, -0.25) is 9.48 Å². The summed E-state index contributed by atoms with van der Waals surface area (Å²) in [5.41, 5.74) is 3.30. The molecule has 29 heavy (non-hydrogen) atoms. The van der Waals surface area contributed by atoms with Crippen LogP contribution in [0, 0.1) is 5.41 Å². The summed E-state index contributed by atoms with van der Waals surface area (Å²) in [5, 5.41) is 5.94. The third kappa shape index (κ3) is 5.44. The zero-order valence-electron chi connectivity index (χ0n) is 17.0. The van der Waals surface area contributed by atoms with E-state index in [-0.39, 0.29) is 5.78 Å². The Labute approximate surface area is 186 Å². The molecule has 0 aliphatic heterocycles. The molecule has 0 atom stereocenters. The summed E-state index contributed by atoms with van der Waals surface area (Å²) in [6.45, 7) is 6.30. The molecule has 0 N–H and O–H groups in total. The lowest BCUT2D eigenvalue weighted by molar-refractivity contribution is -0.125. The Hall–Kier alpha value is -1.75. The van der Waals surface area contributed by atoms with Crippen molar-refractivity contribution in [2.24, 2.45) is 5.41 Å². The lowest BCUT2D eigenvalue weighted by atomic mass is 9.88. The molecule has 1 heterocycles. The van der Waals surface area contributed by atoms with Gasteiger partial charge in [-0.05, 0) is 47.7 Å². The smallest absolute Gasteiger partial charge is 0.144 e. The number of halogens is 2. The van der Waals surface area contributed by atoms with Crippen LogP contribution in [0.4, 0.5) is 0 Å². The average molecular weight is 447 g/mol. The van der Waals surface area contributed by atoms with Crippen molar-refractivity contribution < 1.29 is 4.79 Å². The number of carbonyl (C=O) groups excluding carboxylic acids is 1. The largest absolute Gasteiger partial charge is 0.299 e. The highest BCUT2D eigenvalue weighted by Gasteiger charge is 2.23. The van der Waals surface area contributed by atoms with Crippen molar-refractivity contribution in [1.29, 1.82) is 0 Å². The fourth-order valence-electron chi connectivity index (χ4n) is 2.91. The van der Waals surface area contributed by atoms with Crippen molar-refractivity contribution in [3.8, 4) is 11.3 Å². The second kappa shape index (κ2) is 8.95. The van der Waals surface area contributed by atoms with Crippen LogP contribution in [0.2, 0.25) is 10.0 Å². The first-order valence-corrected chi connectivity index (χ1v) is 11.3. The third-order valence-corrected chi connectivity index (χ3v) is 6.06. The predicted molar refractivity (Wildman–Crippen MR) is 123 cm³/mol. The zero-order valence-corrected chi connectivity index (χ0v) is 19.3. The van der Waals surface area contributed by atoms with Gasteiger partial charge in [0.2, 0.25) is 0 Å². The highest BCUT2D eigenvalue weighted by molar-refractivity contribution is 7.98. The number of nitrogens with zero attached hydrogens (tertiary/aromatic N) is 2. The molecule has 3 aromatic rings. The molecule has 0 unspecified atom stereocenters. The Kier molecular flexibility index (Phi) is 6.77. The van der Waals surface area contributed by atoms with Crippen LogP contribution in [0.1, 0.15) is 32.0 Å². The van der Waals surface area contributed by atoms with Crippen molar-refractivity contribution in [2.75, 3.05) is 6.26 Å². The van der Waals surface area contributed by atoms with Crippen molar-refractivity contribution in [1.82, 2.24) is 9.78 Å². The predicted octanol–water partition coefficient (Wildman–Crippen LogP) is 6.78. The number of rotatable bonds is 6. The molecule has 0 aliphatic rings. The summed E-state index contributed by atoms with van der Waals surface area (Å²) in [4.78, 5) is 13.7. The molecule has 2 aromatic carbocycles. The second-order valence-corrected chi connectivity index (χ2v) is 9.72. The molecule has 0 radical (unpaired) electrons. The minimum Gasteiger partial charge on any atom is -0.299 e. The number of thioether (sulfide) groups is 1. The van der Waals surface area contributed by atoms with Gasteiger partial charge in [-0.15, -0.1) is 11.8 Å². The topological polar surface area (TPSA) is 34.9 Å². The van der Waals surface area contributed by atoms with E-state index < -0.39 is 5.41 Å². The molecule has 0 saturated heterocycles. The van der Waals surface area contributed by atoms with Crippen LogP contribution in [0.25, 0.3) is 11.3 Å². The van der Waals surface area contributed by atoms with Crippen LogP contribution in [-0.2, 0) is 17.8 Å². The van der Waals surface area contributed by atoms with Gasteiger partial charge in [0.25, 0.3) is 0 Å². The van der Waals surface area contributed by atoms with Crippen LogP contribution >= 0.6 is 35.0 Å². The third-order valence-electron chi connectivity index (χ3n) is 4.73. The maximum Gasteiger partial charge on any atom is 0.144 e. The van der Waals surface area contributed by atoms with E-state index in [0.717, 1.165) is 22.5 Å². The van der Waals surface area contributed by atoms with Gasteiger partial charge in [-0.2, -0.15) is 5.10 Å². The Morgan fingerprint density at radius 2 is 1.76 bits per heavy atom. The number of hydrogen-bond donors (Lipinski definition) is 0. The molecule has 1 aromatic heterocycles. The quantitative estimate of drug-likeness (QED) is 0.391. The van der Waals surface area contributed by atoms with Crippen LogP contribution in [-0.4, -0.2) is 21.8 Å². The minimum absolute atomic E-state index is 0.163. The summed E-state index contributed by atoms with van der Waals surface area (Å²) >= 11 is 14.1. The molecule has 0 spiro atoms. The van der Waals surface area contributed by atoms with Crippen LogP contribution in [0.3, 0.4) is 0 Å². The zero-order chi connectivity index (χ0) is 21.2. The van der Waals surface area contributed by atoms with Crippen molar-refractivity contribution >= 4 is 40.7 Å². The maximum atomic E-state index is 12.5. The summed E-state index contributed by atoms with van der Waals surface area (Å²) in [5.74, 6) is 0.163. The molecule has 0 amide bonds. The van der Waals surface area contributed by atoms with E-state index in [1.54, 1.807) is 17.8 Å². The lowest BCUT2D eigenvalue weighted by Crippen LogP contribution is -2.22. The Morgan fingerprint density at radius 3 is 2.34 bits per heavy atom. The maximum absolute atomic E-state index is 12.5. The van der Waals surface area contributed by atoms with E-state index in [2.05, 4.69) is 30.5 Å². The first-order valence-electron chi connectivity index (χ1n) is 9.36. The van der Waals surface area contributed by atoms with Gasteiger partial charge < -0.3 is 0 Å². The Morgan fingerprint density at radius 1 is 1.07 bits per heavy atom. The number of aromatic nitrogens is 2. The van der Waals surface area contributed by atoms with Gasteiger partial charge in [0.1, 0.15) is 5.78 Å². The number of benzene rings is 2. The monoisotopic (exact) mass is 446 g/mol. The standard InChI is InChI=1S/C23H24Cl2N2OS/c1-23(2,3)22(28)13-18-12-21(15-6-9-19(29-4)10-7-15)27(26-18)14-16-5-8-17(24)11-20(16)25/h5-12H,13-14H2,1-4H3. The molecule has 0 saturated carbocycles. The van der Waals surface area contributed by atoms with E-state index >= 15 is 0 Å². The van der Waals surface area contributed by atoms with E-state index in [1.165, 1.54) is 4.90 Å². The summed E-state index contributed by atoms with van der Waals surface area (Å²) in [6, 6.07) is 15.8. The Balaban J connectivity index is 2.00. The minimum atomic E-state index is -0.399. The Bertz CT molecular complexity index is 1020. The molecule has 0 fully saturated rings. The van der Waals surface area contributed by atoms with E-state index in [9.17, 15) is 4.79 Å². The fourth-order valence-corrected chi connectivity index (χ4v) is 3.79. The summed E-state index contributed by atoms with van der Waals surface area (Å²) < 4.78 is 1.91. The molecule has 152 valence electrons. The SMILES string of the molecule is CSc1ccc(-c2cc(CC(=O)C(C)(C)C)nn2Cc2ccc(Cl)cc2Cl)cc1.